The maximum Gasteiger partial charge on any atom is 0.508 e. The molecular formula is C16H22O5. The van der Waals surface area contributed by atoms with E-state index in [0.717, 1.165) is 6.42 Å². The van der Waals surface area contributed by atoms with E-state index in [2.05, 4.69) is 12.2 Å². The van der Waals surface area contributed by atoms with E-state index in [1.165, 1.54) is 0 Å². The first-order valence-corrected chi connectivity index (χ1v) is 7.77. The van der Waals surface area contributed by atoms with Gasteiger partial charge in [-0.2, -0.15) is 0 Å². The summed E-state index contributed by atoms with van der Waals surface area (Å²) in [5.41, 5.74) is -0.517. The van der Waals surface area contributed by atoms with Crippen LogP contribution in [0.15, 0.2) is 12.2 Å². The van der Waals surface area contributed by atoms with Crippen LogP contribution in [0.3, 0.4) is 0 Å². The van der Waals surface area contributed by atoms with Crippen LogP contribution in [-0.4, -0.2) is 42.8 Å². The Bertz CT molecular complexity index is 480. The fraction of sp³-hybridized carbons (Fsp3) is 0.812. The van der Waals surface area contributed by atoms with Gasteiger partial charge >= 0.3 is 6.16 Å². The highest BCUT2D eigenvalue weighted by Gasteiger charge is 2.63. The Balaban J connectivity index is 1.35. The largest absolute Gasteiger partial charge is 0.508 e. The zero-order chi connectivity index (χ0) is 14.8. The molecule has 7 atom stereocenters. The molecule has 7 unspecified atom stereocenters. The van der Waals surface area contributed by atoms with Gasteiger partial charge in [0.05, 0.1) is 24.4 Å². The summed E-state index contributed by atoms with van der Waals surface area (Å²) in [4.78, 5) is 11.7. The molecule has 0 radical (unpaired) electrons. The van der Waals surface area contributed by atoms with E-state index < -0.39 is 11.8 Å². The third-order valence-corrected chi connectivity index (χ3v) is 4.95. The summed E-state index contributed by atoms with van der Waals surface area (Å²) in [5, 5.41) is 0. The van der Waals surface area contributed by atoms with Crippen molar-refractivity contribution in [3.8, 4) is 0 Å². The average molecular weight is 294 g/mol. The van der Waals surface area contributed by atoms with Crippen LogP contribution in [0, 0.1) is 17.8 Å². The second kappa shape index (κ2) is 4.46. The van der Waals surface area contributed by atoms with Gasteiger partial charge < -0.3 is 18.9 Å². The molecule has 5 heteroatoms. The smallest absolute Gasteiger partial charge is 0.434 e. The minimum absolute atomic E-state index is 0.155. The van der Waals surface area contributed by atoms with Crippen LogP contribution in [0.2, 0.25) is 0 Å². The van der Waals surface area contributed by atoms with E-state index in [9.17, 15) is 4.79 Å². The van der Waals surface area contributed by atoms with Gasteiger partial charge in [-0.1, -0.05) is 12.2 Å². The van der Waals surface area contributed by atoms with Gasteiger partial charge in [-0.15, -0.1) is 0 Å². The molecule has 0 saturated carbocycles. The van der Waals surface area contributed by atoms with E-state index >= 15 is 0 Å². The SMILES string of the molecule is CC(C)(C)OC(=O)OCC1CC2OC1C1C3C=CC(O3)C21. The van der Waals surface area contributed by atoms with Gasteiger partial charge in [-0.05, 0) is 27.2 Å². The molecule has 0 aromatic rings. The summed E-state index contributed by atoms with van der Waals surface area (Å²) in [5.74, 6) is 1.20. The van der Waals surface area contributed by atoms with Gasteiger partial charge in [0.15, 0.2) is 0 Å². The van der Waals surface area contributed by atoms with E-state index in [-0.39, 0.29) is 30.3 Å². The summed E-state index contributed by atoms with van der Waals surface area (Å²) < 4.78 is 22.5. The van der Waals surface area contributed by atoms with Crippen LogP contribution in [0.25, 0.3) is 0 Å². The quantitative estimate of drug-likeness (QED) is 0.578. The zero-order valence-electron chi connectivity index (χ0n) is 12.7. The monoisotopic (exact) mass is 294 g/mol. The van der Waals surface area contributed by atoms with Crippen molar-refractivity contribution in [2.75, 3.05) is 6.61 Å². The van der Waals surface area contributed by atoms with Crippen molar-refractivity contribution in [2.45, 2.75) is 57.2 Å². The molecule has 0 aromatic heterocycles. The molecule has 4 aliphatic rings. The lowest BCUT2D eigenvalue weighted by Gasteiger charge is -2.31. The summed E-state index contributed by atoms with van der Waals surface area (Å²) >= 11 is 0. The lowest BCUT2D eigenvalue weighted by molar-refractivity contribution is -0.0252. The summed E-state index contributed by atoms with van der Waals surface area (Å²) in [6.07, 6.45) is 5.53. The van der Waals surface area contributed by atoms with Crippen molar-refractivity contribution in [3.63, 3.8) is 0 Å². The number of hydrogen-bond donors (Lipinski definition) is 0. The topological polar surface area (TPSA) is 54.0 Å². The van der Waals surface area contributed by atoms with Crippen molar-refractivity contribution in [2.24, 2.45) is 17.8 Å². The molecule has 3 saturated heterocycles. The molecule has 4 heterocycles. The Kier molecular flexibility index (Phi) is 2.89. The minimum atomic E-state index is -0.592. The number of carbonyl (C=O) groups excluding carboxylic acids is 1. The third-order valence-electron chi connectivity index (χ3n) is 4.95. The normalized spacial score (nSPS) is 46.0. The summed E-state index contributed by atoms with van der Waals surface area (Å²) in [7, 11) is 0. The van der Waals surface area contributed by atoms with Crippen molar-refractivity contribution in [1.29, 1.82) is 0 Å². The Labute approximate surface area is 124 Å². The fourth-order valence-corrected chi connectivity index (χ4v) is 4.30. The molecule has 4 rings (SSSR count). The Morgan fingerprint density at radius 2 is 1.90 bits per heavy atom. The fourth-order valence-electron chi connectivity index (χ4n) is 4.30. The van der Waals surface area contributed by atoms with Crippen LogP contribution in [-0.2, 0) is 18.9 Å². The van der Waals surface area contributed by atoms with Crippen LogP contribution >= 0.6 is 0 Å². The van der Waals surface area contributed by atoms with Gasteiger partial charge in [0.2, 0.25) is 0 Å². The Morgan fingerprint density at radius 3 is 2.62 bits per heavy atom. The molecule has 0 aromatic carbocycles. The summed E-state index contributed by atoms with van der Waals surface area (Å²) in [6.45, 7) is 5.87. The van der Waals surface area contributed by atoms with Crippen molar-refractivity contribution in [1.82, 2.24) is 0 Å². The third kappa shape index (κ3) is 2.18. The Morgan fingerprint density at radius 1 is 1.19 bits per heavy atom. The molecule has 4 aliphatic heterocycles. The first-order valence-electron chi connectivity index (χ1n) is 7.77. The maximum absolute atomic E-state index is 11.7. The van der Waals surface area contributed by atoms with Crippen LogP contribution in [0.5, 0.6) is 0 Å². The van der Waals surface area contributed by atoms with Crippen LogP contribution in [0.4, 0.5) is 4.79 Å². The van der Waals surface area contributed by atoms with Gasteiger partial charge in [0.25, 0.3) is 0 Å². The maximum atomic E-state index is 11.7. The lowest BCUT2D eigenvalue weighted by atomic mass is 9.70. The first-order chi connectivity index (χ1) is 9.92. The molecule has 3 fully saturated rings. The second-order valence-electron chi connectivity index (χ2n) is 7.52. The molecule has 4 bridgehead atoms. The highest BCUT2D eigenvalue weighted by Crippen LogP contribution is 2.56. The van der Waals surface area contributed by atoms with E-state index in [4.69, 9.17) is 18.9 Å². The number of carbonyl (C=O) groups is 1. The first kappa shape index (κ1) is 13.6. The second-order valence-corrected chi connectivity index (χ2v) is 7.52. The zero-order valence-corrected chi connectivity index (χ0v) is 12.7. The number of hydrogen-bond acceptors (Lipinski definition) is 5. The lowest BCUT2D eigenvalue weighted by Crippen LogP contribution is -2.40. The molecule has 0 spiro atoms. The molecule has 0 N–H and O–H groups in total. The predicted octanol–water partition coefficient (Wildman–Crippen LogP) is 2.29. The van der Waals surface area contributed by atoms with E-state index in [1.807, 2.05) is 20.8 Å². The molecule has 21 heavy (non-hydrogen) atoms. The number of fused-ring (bicyclic) bond motifs is 9. The van der Waals surface area contributed by atoms with Crippen molar-refractivity contribution >= 4 is 6.16 Å². The van der Waals surface area contributed by atoms with Gasteiger partial charge in [0, 0.05) is 17.8 Å². The van der Waals surface area contributed by atoms with Crippen LogP contribution in [0.1, 0.15) is 27.2 Å². The predicted molar refractivity (Wildman–Crippen MR) is 73.7 cm³/mol. The number of rotatable bonds is 2. The van der Waals surface area contributed by atoms with Gasteiger partial charge in [-0.3, -0.25) is 0 Å². The molecule has 116 valence electrons. The van der Waals surface area contributed by atoms with Crippen LogP contribution < -0.4 is 0 Å². The highest BCUT2D eigenvalue weighted by atomic mass is 16.7. The van der Waals surface area contributed by atoms with E-state index in [0.29, 0.717) is 18.4 Å². The van der Waals surface area contributed by atoms with Gasteiger partial charge in [0.1, 0.15) is 12.2 Å². The average Bonchev–Trinajstić information content (AvgIpc) is 3.11. The van der Waals surface area contributed by atoms with Crippen molar-refractivity contribution < 1.29 is 23.7 Å². The number of ether oxygens (including phenoxy) is 4. The molecule has 0 amide bonds. The Hall–Kier alpha value is -1.07. The van der Waals surface area contributed by atoms with Crippen molar-refractivity contribution in [3.05, 3.63) is 12.2 Å². The standard InChI is InChI=1S/C16H22O5/c1-16(2,3)21-15(17)18-7-8-6-11-12-9-4-5-10(19-9)13(12)14(8)20-11/h4-5,8-14H,6-7H2,1-3H3. The van der Waals surface area contributed by atoms with E-state index in [1.54, 1.807) is 0 Å². The molecule has 0 aliphatic carbocycles. The van der Waals surface area contributed by atoms with Gasteiger partial charge in [-0.25, -0.2) is 4.79 Å². The minimum Gasteiger partial charge on any atom is -0.434 e. The molecule has 5 nitrogen and oxygen atoms in total. The highest BCUT2D eigenvalue weighted by molar-refractivity contribution is 5.60. The molecular weight excluding hydrogens is 272 g/mol. The summed E-state index contributed by atoms with van der Waals surface area (Å²) in [6, 6.07) is 0.